The van der Waals surface area contributed by atoms with Crippen molar-refractivity contribution < 1.29 is 19.4 Å². The van der Waals surface area contributed by atoms with Crippen LogP contribution in [0.1, 0.15) is 62.4 Å². The molecule has 1 saturated carbocycles. The van der Waals surface area contributed by atoms with Gasteiger partial charge in [0.25, 0.3) is 11.5 Å². The number of fused-ring (bicyclic) bond motifs is 1. The molecular weight excluding hydrogens is 426 g/mol. The first-order valence-corrected chi connectivity index (χ1v) is 11.3. The van der Waals surface area contributed by atoms with E-state index in [1.54, 1.807) is 6.08 Å². The van der Waals surface area contributed by atoms with E-state index in [1.165, 1.54) is 21.4 Å². The van der Waals surface area contributed by atoms with Gasteiger partial charge in [-0.15, -0.1) is 0 Å². The van der Waals surface area contributed by atoms with Gasteiger partial charge in [0.15, 0.2) is 5.56 Å². The lowest BCUT2D eigenvalue weighted by Crippen LogP contribution is -2.38. The lowest BCUT2D eigenvalue weighted by atomic mass is 9.96. The normalized spacial score (nSPS) is 17.5. The molecule has 3 N–H and O–H groups in total. The highest BCUT2D eigenvalue weighted by molar-refractivity contribution is 5.97. The van der Waals surface area contributed by atoms with Crippen LogP contribution in [0.2, 0.25) is 0 Å². The summed E-state index contributed by atoms with van der Waals surface area (Å²) in [5.74, 6) is -1.37. The molecule has 2 fully saturated rings. The number of aromatic hydroxyl groups is 1. The van der Waals surface area contributed by atoms with Gasteiger partial charge in [-0.3, -0.25) is 19.0 Å². The Balaban J connectivity index is 1.71. The average molecular weight is 458 g/mol. The summed E-state index contributed by atoms with van der Waals surface area (Å²) in [6, 6.07) is 0.101. The smallest absolute Gasteiger partial charge is 0.270 e. The predicted molar refractivity (Wildman–Crippen MR) is 122 cm³/mol. The van der Waals surface area contributed by atoms with Crippen LogP contribution < -0.4 is 16.2 Å². The van der Waals surface area contributed by atoms with Gasteiger partial charge in [-0.25, -0.2) is 0 Å². The first-order valence-electron chi connectivity index (χ1n) is 11.3. The minimum Gasteiger partial charge on any atom is -0.492 e. The van der Waals surface area contributed by atoms with Crippen molar-refractivity contribution in [2.45, 2.75) is 65.1 Å². The standard InChI is InChI=1S/C23H31N5O5/c1-23(2,3)13-27-20-14(4-7-17(29)25-16-8-10-33-11-9-16)12-24-28(20)22(32)18(21(27)31)19(30)26-15-5-6-15/h4,7,12,15-16,32H,5-6,8-11,13H2,1-3H3,(H,25,29)(H,26,30). The summed E-state index contributed by atoms with van der Waals surface area (Å²) in [5, 5.41) is 20.7. The molecule has 1 aliphatic heterocycles. The van der Waals surface area contributed by atoms with Gasteiger partial charge < -0.3 is 20.5 Å². The van der Waals surface area contributed by atoms with Crippen molar-refractivity contribution in [1.29, 1.82) is 0 Å². The number of nitrogens with one attached hydrogen (secondary N) is 2. The van der Waals surface area contributed by atoms with Crippen LogP contribution in [0.25, 0.3) is 11.7 Å². The van der Waals surface area contributed by atoms with Crippen LogP contribution in [0.3, 0.4) is 0 Å². The summed E-state index contributed by atoms with van der Waals surface area (Å²) in [6.45, 7) is 7.45. The highest BCUT2D eigenvalue weighted by Gasteiger charge is 2.30. The zero-order chi connectivity index (χ0) is 23.8. The third-order valence-electron chi connectivity index (χ3n) is 5.66. The molecule has 10 nitrogen and oxygen atoms in total. The molecule has 1 aliphatic carbocycles. The Hall–Kier alpha value is -3.14. The zero-order valence-electron chi connectivity index (χ0n) is 19.3. The van der Waals surface area contributed by atoms with E-state index in [1.807, 2.05) is 20.8 Å². The number of carbonyl (C=O) groups excluding carboxylic acids is 2. The molecule has 1 saturated heterocycles. The van der Waals surface area contributed by atoms with Gasteiger partial charge in [-0.2, -0.15) is 9.61 Å². The van der Waals surface area contributed by atoms with E-state index < -0.39 is 17.3 Å². The van der Waals surface area contributed by atoms with Crippen molar-refractivity contribution in [2.24, 2.45) is 5.41 Å². The van der Waals surface area contributed by atoms with E-state index in [2.05, 4.69) is 15.7 Å². The Kier molecular flexibility index (Phi) is 6.29. The van der Waals surface area contributed by atoms with E-state index in [0.29, 0.717) is 31.0 Å². The molecule has 2 aromatic heterocycles. The maximum absolute atomic E-state index is 13.4. The third-order valence-corrected chi connectivity index (χ3v) is 5.66. The van der Waals surface area contributed by atoms with Gasteiger partial charge in [-0.05, 0) is 37.2 Å². The predicted octanol–water partition coefficient (Wildman–Crippen LogP) is 1.45. The average Bonchev–Trinajstić information content (AvgIpc) is 3.45. The zero-order valence-corrected chi connectivity index (χ0v) is 19.3. The van der Waals surface area contributed by atoms with Crippen molar-refractivity contribution in [2.75, 3.05) is 13.2 Å². The van der Waals surface area contributed by atoms with Crippen molar-refractivity contribution in [1.82, 2.24) is 24.8 Å². The Morgan fingerprint density at radius 2 is 1.85 bits per heavy atom. The molecule has 0 spiro atoms. The summed E-state index contributed by atoms with van der Waals surface area (Å²) in [4.78, 5) is 38.5. The van der Waals surface area contributed by atoms with Crippen LogP contribution in [-0.2, 0) is 16.1 Å². The first-order chi connectivity index (χ1) is 15.6. The number of hydrogen-bond acceptors (Lipinski definition) is 6. The SMILES string of the molecule is CC(C)(C)Cn1c(=O)c(C(=O)NC2CC2)c(O)n2ncc(C=CC(=O)NC3CCOCC3)c12. The molecule has 2 aliphatic rings. The number of hydrogen-bond donors (Lipinski definition) is 3. The fourth-order valence-corrected chi connectivity index (χ4v) is 3.89. The maximum Gasteiger partial charge on any atom is 0.270 e. The van der Waals surface area contributed by atoms with Crippen LogP contribution in [0, 0.1) is 5.41 Å². The molecule has 4 rings (SSSR count). The molecule has 2 aromatic rings. The molecule has 178 valence electrons. The molecule has 0 radical (unpaired) electrons. The molecule has 10 heteroatoms. The Morgan fingerprint density at radius 1 is 1.18 bits per heavy atom. The van der Waals surface area contributed by atoms with Gasteiger partial charge in [0.2, 0.25) is 11.8 Å². The fourth-order valence-electron chi connectivity index (χ4n) is 3.89. The molecule has 0 unspecified atom stereocenters. The quantitative estimate of drug-likeness (QED) is 0.564. The van der Waals surface area contributed by atoms with E-state index in [4.69, 9.17) is 4.74 Å². The molecule has 0 atom stereocenters. The summed E-state index contributed by atoms with van der Waals surface area (Å²) >= 11 is 0. The van der Waals surface area contributed by atoms with E-state index >= 15 is 0 Å². The monoisotopic (exact) mass is 457 g/mol. The highest BCUT2D eigenvalue weighted by atomic mass is 16.5. The van der Waals surface area contributed by atoms with Crippen LogP contribution in [0.15, 0.2) is 17.1 Å². The Labute approximate surface area is 191 Å². The minimum atomic E-state index is -0.604. The summed E-state index contributed by atoms with van der Waals surface area (Å²) in [6.07, 6.45) is 7.67. The number of aromatic nitrogens is 3. The van der Waals surface area contributed by atoms with E-state index in [9.17, 15) is 19.5 Å². The first kappa shape index (κ1) is 23.0. The van der Waals surface area contributed by atoms with Gasteiger partial charge in [0.05, 0.1) is 6.20 Å². The largest absolute Gasteiger partial charge is 0.492 e. The molecular formula is C23H31N5O5. The van der Waals surface area contributed by atoms with Crippen LogP contribution in [-0.4, -0.2) is 56.4 Å². The summed E-state index contributed by atoms with van der Waals surface area (Å²) < 4.78 is 7.94. The Bertz CT molecular complexity index is 1150. The van der Waals surface area contributed by atoms with Gasteiger partial charge in [0.1, 0.15) is 5.65 Å². The second-order valence-electron chi connectivity index (χ2n) is 9.96. The highest BCUT2D eigenvalue weighted by Crippen LogP contribution is 2.25. The second kappa shape index (κ2) is 9.01. The maximum atomic E-state index is 13.4. The number of ether oxygens (including phenoxy) is 1. The lowest BCUT2D eigenvalue weighted by Gasteiger charge is -2.22. The second-order valence-corrected chi connectivity index (χ2v) is 9.96. The lowest BCUT2D eigenvalue weighted by molar-refractivity contribution is -0.117. The molecule has 33 heavy (non-hydrogen) atoms. The molecule has 2 amide bonds. The van der Waals surface area contributed by atoms with Crippen molar-refractivity contribution in [3.8, 4) is 5.88 Å². The van der Waals surface area contributed by atoms with E-state index in [-0.39, 0.29) is 29.0 Å². The molecule has 0 aromatic carbocycles. The molecule has 0 bridgehead atoms. The topological polar surface area (TPSA) is 127 Å². The fraction of sp³-hybridized carbons (Fsp3) is 0.565. The third kappa shape index (κ3) is 5.27. The number of amides is 2. The Morgan fingerprint density at radius 3 is 2.48 bits per heavy atom. The van der Waals surface area contributed by atoms with Gasteiger partial charge >= 0.3 is 0 Å². The number of rotatable bonds is 6. The summed E-state index contributed by atoms with van der Waals surface area (Å²) in [7, 11) is 0. The van der Waals surface area contributed by atoms with Crippen molar-refractivity contribution in [3.63, 3.8) is 0 Å². The van der Waals surface area contributed by atoms with Gasteiger partial charge in [0, 0.05) is 43.5 Å². The number of nitrogens with zero attached hydrogens (tertiary/aromatic N) is 3. The van der Waals surface area contributed by atoms with Crippen molar-refractivity contribution >= 4 is 23.5 Å². The van der Waals surface area contributed by atoms with E-state index in [0.717, 1.165) is 25.7 Å². The molecule has 3 heterocycles. The van der Waals surface area contributed by atoms with Crippen LogP contribution >= 0.6 is 0 Å². The number of carbonyl (C=O) groups is 2. The van der Waals surface area contributed by atoms with Gasteiger partial charge in [-0.1, -0.05) is 20.8 Å². The van der Waals surface area contributed by atoms with Crippen molar-refractivity contribution in [3.05, 3.63) is 33.8 Å². The summed E-state index contributed by atoms with van der Waals surface area (Å²) in [5.41, 5.74) is -0.394. The van der Waals surface area contributed by atoms with Crippen LogP contribution in [0.4, 0.5) is 0 Å². The van der Waals surface area contributed by atoms with Crippen LogP contribution in [0.5, 0.6) is 5.88 Å². The minimum absolute atomic E-state index is 0.0356.